The van der Waals surface area contributed by atoms with Crippen LogP contribution >= 0.6 is 11.6 Å². The molecule has 212 valence electrons. The Labute approximate surface area is 245 Å². The Bertz CT molecular complexity index is 1720. The van der Waals surface area contributed by atoms with Gasteiger partial charge < -0.3 is 10.4 Å². The highest BCUT2D eigenvalue weighted by molar-refractivity contribution is 6.31. The lowest BCUT2D eigenvalue weighted by Gasteiger charge is -2.47. The van der Waals surface area contributed by atoms with E-state index in [-0.39, 0.29) is 29.3 Å². The van der Waals surface area contributed by atoms with Crippen molar-refractivity contribution in [2.24, 2.45) is 17.8 Å². The van der Waals surface area contributed by atoms with Crippen LogP contribution in [-0.2, 0) is 4.79 Å². The fourth-order valence-electron chi connectivity index (χ4n) is 6.55. The van der Waals surface area contributed by atoms with Crippen LogP contribution in [0.5, 0.6) is 0 Å². The van der Waals surface area contributed by atoms with Crippen molar-refractivity contribution in [2.45, 2.75) is 31.7 Å². The molecule has 0 amide bonds. The summed E-state index contributed by atoms with van der Waals surface area (Å²) >= 11 is 6.26. The molecule has 2 atom stereocenters. The molecule has 0 unspecified atom stereocenters. The number of para-hydroxylation sites is 2. The molecular formula is C31H27ClFN7O2. The number of halogens is 2. The fourth-order valence-corrected chi connectivity index (χ4v) is 6.71. The number of aromatic amines is 1. The summed E-state index contributed by atoms with van der Waals surface area (Å²) in [6.07, 6.45) is 5.02. The Morgan fingerprint density at radius 2 is 1.62 bits per heavy atom. The van der Waals surface area contributed by atoms with Gasteiger partial charge in [0.15, 0.2) is 23.1 Å². The number of nitrogens with zero attached hydrogens (tertiary/aromatic N) is 5. The predicted molar refractivity (Wildman–Crippen MR) is 159 cm³/mol. The summed E-state index contributed by atoms with van der Waals surface area (Å²) in [4.78, 5) is 27.8. The van der Waals surface area contributed by atoms with Crippen molar-refractivity contribution in [3.8, 4) is 11.5 Å². The molecule has 3 fully saturated rings. The molecule has 3 aliphatic rings. The number of carbonyl (C=O) groups is 1. The first-order chi connectivity index (χ1) is 20.5. The van der Waals surface area contributed by atoms with Crippen LogP contribution in [0.2, 0.25) is 5.02 Å². The molecule has 3 heterocycles. The Balaban J connectivity index is 1.43. The predicted octanol–water partition coefficient (Wildman–Crippen LogP) is 6.98. The van der Waals surface area contributed by atoms with Gasteiger partial charge in [0, 0.05) is 23.6 Å². The van der Waals surface area contributed by atoms with Gasteiger partial charge in [-0.2, -0.15) is 9.49 Å². The minimum Gasteiger partial charge on any atom is -0.481 e. The number of aromatic nitrogens is 5. The van der Waals surface area contributed by atoms with Gasteiger partial charge in [0.1, 0.15) is 5.69 Å². The third kappa shape index (κ3) is 4.61. The molecule has 11 heteroatoms. The number of hydrogen-bond acceptors (Lipinski definition) is 7. The zero-order chi connectivity index (χ0) is 28.8. The van der Waals surface area contributed by atoms with Crippen molar-refractivity contribution in [2.75, 3.05) is 10.2 Å². The number of anilines is 4. The number of nitrogens with one attached hydrogen (secondary N) is 2. The molecule has 0 aliphatic heterocycles. The van der Waals surface area contributed by atoms with Gasteiger partial charge in [0.25, 0.3) is 0 Å². The monoisotopic (exact) mass is 583 g/mol. The quantitative estimate of drug-likeness (QED) is 0.188. The average Bonchev–Trinajstić information content (AvgIpc) is 3.43. The Morgan fingerprint density at radius 3 is 2.26 bits per heavy atom. The highest BCUT2D eigenvalue weighted by atomic mass is 35.5. The molecule has 42 heavy (non-hydrogen) atoms. The van der Waals surface area contributed by atoms with Gasteiger partial charge in [-0.1, -0.05) is 48.0 Å². The van der Waals surface area contributed by atoms with Crippen LogP contribution < -0.4 is 10.2 Å². The molecule has 0 spiro atoms. The maximum atomic E-state index is 16.8. The zero-order valence-electron chi connectivity index (χ0n) is 22.4. The molecule has 3 aliphatic carbocycles. The van der Waals surface area contributed by atoms with Crippen LogP contribution in [0.25, 0.3) is 22.6 Å². The van der Waals surface area contributed by atoms with E-state index in [1.807, 2.05) is 60.7 Å². The van der Waals surface area contributed by atoms with E-state index in [2.05, 4.69) is 25.5 Å². The first-order valence-corrected chi connectivity index (χ1v) is 14.3. The molecule has 3 N–H and O–H groups in total. The normalized spacial score (nSPS) is 21.4. The Kier molecular flexibility index (Phi) is 6.70. The molecule has 2 bridgehead atoms. The summed E-state index contributed by atoms with van der Waals surface area (Å²) in [6.45, 7) is 0. The SMILES string of the molecule is O=C(O)[C@H]1C2CCC(CC2)[C@@H]1Nc1nc(-c2[nH]nc3ncc(Cl)cc23)nc(N(c2ccccc2)c2ccccc2)c1F. The molecule has 0 saturated heterocycles. The number of hydrogen-bond donors (Lipinski definition) is 3. The van der Waals surface area contributed by atoms with Crippen molar-refractivity contribution >= 4 is 51.6 Å². The van der Waals surface area contributed by atoms with E-state index in [1.165, 1.54) is 6.20 Å². The lowest BCUT2D eigenvalue weighted by atomic mass is 9.61. The summed E-state index contributed by atoms with van der Waals surface area (Å²) in [5, 5.41) is 21.6. The van der Waals surface area contributed by atoms with E-state index >= 15 is 4.39 Å². The van der Waals surface area contributed by atoms with Gasteiger partial charge in [-0.15, -0.1) is 0 Å². The van der Waals surface area contributed by atoms with E-state index in [4.69, 9.17) is 16.6 Å². The van der Waals surface area contributed by atoms with Gasteiger partial charge in [0.05, 0.1) is 16.3 Å². The first-order valence-electron chi connectivity index (χ1n) is 13.9. The van der Waals surface area contributed by atoms with Gasteiger partial charge in [-0.25, -0.2) is 15.0 Å². The second-order valence-corrected chi connectivity index (χ2v) is 11.3. The number of aliphatic carboxylic acids is 1. The number of benzene rings is 2. The standard InChI is InChI=1S/C31H27ClFN7O2/c32-19-15-22-26(38-39-27(22)34-16-19)29-36-28(35-25-18-13-11-17(12-14-18)23(25)31(41)42)24(33)30(37-29)40(20-7-3-1-4-8-20)21-9-5-2-6-10-21/h1-10,15-18,23,25H,11-14H2,(H,41,42)(H,34,38,39)(H,35,36,37)/t17?,18?,23-,25-/m0/s1. The summed E-state index contributed by atoms with van der Waals surface area (Å²) in [5.41, 5.74) is 2.22. The third-order valence-corrected chi connectivity index (χ3v) is 8.69. The van der Waals surface area contributed by atoms with E-state index in [0.717, 1.165) is 25.7 Å². The van der Waals surface area contributed by atoms with Gasteiger partial charge in [-0.3, -0.25) is 14.8 Å². The zero-order valence-corrected chi connectivity index (χ0v) is 23.2. The number of rotatable bonds is 7. The van der Waals surface area contributed by atoms with Crippen molar-refractivity contribution in [1.82, 2.24) is 25.1 Å². The molecule has 9 nitrogen and oxygen atoms in total. The summed E-state index contributed by atoms with van der Waals surface area (Å²) in [5.74, 6) is -1.92. The molecular weight excluding hydrogens is 557 g/mol. The van der Waals surface area contributed by atoms with Crippen LogP contribution in [0.15, 0.2) is 72.9 Å². The second kappa shape index (κ2) is 10.7. The Morgan fingerprint density at radius 1 is 0.976 bits per heavy atom. The number of carboxylic acid groups (broad SMARTS) is 1. The van der Waals surface area contributed by atoms with Crippen LogP contribution in [0.1, 0.15) is 25.7 Å². The minimum absolute atomic E-state index is 0.00508. The van der Waals surface area contributed by atoms with Crippen molar-refractivity contribution in [1.29, 1.82) is 0 Å². The topological polar surface area (TPSA) is 120 Å². The summed E-state index contributed by atoms with van der Waals surface area (Å²) in [6, 6.07) is 20.0. The largest absolute Gasteiger partial charge is 0.481 e. The van der Waals surface area contributed by atoms with Crippen LogP contribution in [0, 0.1) is 23.6 Å². The van der Waals surface area contributed by atoms with Crippen molar-refractivity contribution < 1.29 is 14.3 Å². The lowest BCUT2D eigenvalue weighted by molar-refractivity contribution is -0.148. The summed E-state index contributed by atoms with van der Waals surface area (Å²) < 4.78 is 16.8. The number of pyridine rings is 1. The second-order valence-electron chi connectivity index (χ2n) is 10.9. The van der Waals surface area contributed by atoms with E-state index < -0.39 is 23.7 Å². The summed E-state index contributed by atoms with van der Waals surface area (Å²) in [7, 11) is 0. The van der Waals surface area contributed by atoms with Crippen molar-refractivity contribution in [3.63, 3.8) is 0 Å². The smallest absolute Gasteiger partial charge is 0.308 e. The molecule has 3 saturated carbocycles. The van der Waals surface area contributed by atoms with E-state index in [9.17, 15) is 9.90 Å². The number of H-pyrrole nitrogens is 1. The van der Waals surface area contributed by atoms with Crippen LogP contribution in [-0.4, -0.2) is 42.3 Å². The van der Waals surface area contributed by atoms with Crippen LogP contribution in [0.3, 0.4) is 0 Å². The average molecular weight is 584 g/mol. The molecule has 2 aromatic carbocycles. The number of carboxylic acids is 1. The van der Waals surface area contributed by atoms with E-state index in [1.54, 1.807) is 11.0 Å². The number of fused-ring (bicyclic) bond motifs is 4. The van der Waals surface area contributed by atoms with E-state index in [0.29, 0.717) is 33.1 Å². The van der Waals surface area contributed by atoms with Gasteiger partial charge >= 0.3 is 5.97 Å². The Hall–Kier alpha value is -4.57. The molecule has 3 aromatic heterocycles. The van der Waals surface area contributed by atoms with Crippen molar-refractivity contribution in [3.05, 3.63) is 83.8 Å². The third-order valence-electron chi connectivity index (χ3n) is 8.48. The van der Waals surface area contributed by atoms with Crippen LogP contribution in [0.4, 0.5) is 27.4 Å². The maximum absolute atomic E-state index is 16.8. The molecule has 8 rings (SSSR count). The highest BCUT2D eigenvalue weighted by Crippen LogP contribution is 2.47. The minimum atomic E-state index is -0.868. The fraction of sp³-hybridized carbons (Fsp3) is 0.258. The van der Waals surface area contributed by atoms with Gasteiger partial charge in [-0.05, 0) is 67.9 Å². The molecule has 5 aromatic rings. The lowest BCUT2D eigenvalue weighted by Crippen LogP contribution is -2.51. The maximum Gasteiger partial charge on any atom is 0.308 e. The highest BCUT2D eigenvalue weighted by Gasteiger charge is 2.47. The molecule has 0 radical (unpaired) electrons. The first kappa shape index (κ1) is 26.3. The van der Waals surface area contributed by atoms with Gasteiger partial charge in [0.2, 0.25) is 5.82 Å².